The maximum Gasteiger partial charge on any atom is 0.421 e. The number of carboxylic acid groups (broad SMARTS) is 1. The lowest BCUT2D eigenvalue weighted by Crippen LogP contribution is -2.56. The first kappa shape index (κ1) is 14.5. The van der Waals surface area contributed by atoms with Crippen molar-refractivity contribution >= 4 is 5.97 Å². The summed E-state index contributed by atoms with van der Waals surface area (Å²) >= 11 is 0. The van der Waals surface area contributed by atoms with E-state index in [1.807, 2.05) is 13.8 Å². The van der Waals surface area contributed by atoms with Crippen molar-refractivity contribution < 1.29 is 23.1 Å². The van der Waals surface area contributed by atoms with Gasteiger partial charge in [-0.15, -0.1) is 0 Å². The molecule has 1 aromatic rings. The molecule has 0 aliphatic rings. The second-order valence-electron chi connectivity index (χ2n) is 4.39. The number of rotatable bonds is 3. The van der Waals surface area contributed by atoms with Gasteiger partial charge in [-0.3, -0.25) is 0 Å². The molecular formula is C12H14F3NO2. The van der Waals surface area contributed by atoms with Crippen LogP contribution in [0.5, 0.6) is 0 Å². The minimum absolute atomic E-state index is 0.141. The maximum absolute atomic E-state index is 12.8. The minimum atomic E-state index is -5.06. The van der Waals surface area contributed by atoms with E-state index >= 15 is 0 Å². The first-order valence-electron chi connectivity index (χ1n) is 5.30. The predicted molar refractivity (Wildman–Crippen MR) is 60.1 cm³/mol. The molecule has 6 heteroatoms. The summed E-state index contributed by atoms with van der Waals surface area (Å²) in [5, 5.41) is 8.76. The van der Waals surface area contributed by atoms with Gasteiger partial charge >= 0.3 is 12.1 Å². The van der Waals surface area contributed by atoms with Crippen LogP contribution >= 0.6 is 0 Å². The van der Waals surface area contributed by atoms with Gasteiger partial charge in [-0.25, -0.2) is 4.79 Å². The van der Waals surface area contributed by atoms with E-state index < -0.39 is 23.2 Å². The largest absolute Gasteiger partial charge is 0.479 e. The van der Waals surface area contributed by atoms with Crippen molar-refractivity contribution in [1.29, 1.82) is 0 Å². The summed E-state index contributed by atoms with van der Waals surface area (Å²) in [6.45, 7) is 3.76. The highest BCUT2D eigenvalue weighted by Gasteiger charge is 2.59. The van der Waals surface area contributed by atoms with Crippen LogP contribution in [0, 0.1) is 0 Å². The lowest BCUT2D eigenvalue weighted by molar-refractivity contribution is -0.204. The Morgan fingerprint density at radius 2 is 1.67 bits per heavy atom. The van der Waals surface area contributed by atoms with Gasteiger partial charge in [0.15, 0.2) is 0 Å². The first-order valence-corrected chi connectivity index (χ1v) is 5.30. The van der Waals surface area contributed by atoms with Gasteiger partial charge in [0.2, 0.25) is 5.54 Å². The molecule has 100 valence electrons. The van der Waals surface area contributed by atoms with Crippen LogP contribution < -0.4 is 5.73 Å². The van der Waals surface area contributed by atoms with Gasteiger partial charge in [0.1, 0.15) is 0 Å². The third-order valence-corrected chi connectivity index (χ3v) is 2.82. The summed E-state index contributed by atoms with van der Waals surface area (Å²) < 4.78 is 38.4. The van der Waals surface area contributed by atoms with Crippen LogP contribution in [-0.4, -0.2) is 17.3 Å². The van der Waals surface area contributed by atoms with Crippen molar-refractivity contribution in [2.45, 2.75) is 31.5 Å². The molecule has 0 aliphatic carbocycles. The molecule has 0 aliphatic heterocycles. The number of carbonyl (C=O) groups is 1. The molecule has 1 unspecified atom stereocenters. The van der Waals surface area contributed by atoms with Gasteiger partial charge in [-0.05, 0) is 17.0 Å². The van der Waals surface area contributed by atoms with Crippen LogP contribution in [0.2, 0.25) is 0 Å². The molecule has 3 nitrogen and oxygen atoms in total. The molecule has 0 heterocycles. The third kappa shape index (κ3) is 2.33. The molecule has 1 aromatic carbocycles. The highest BCUT2D eigenvalue weighted by atomic mass is 19.4. The molecule has 3 N–H and O–H groups in total. The number of carboxylic acids is 1. The van der Waals surface area contributed by atoms with Crippen LogP contribution in [0.1, 0.15) is 30.9 Å². The molecule has 18 heavy (non-hydrogen) atoms. The molecule has 1 atom stereocenters. The van der Waals surface area contributed by atoms with Crippen molar-refractivity contribution in [1.82, 2.24) is 0 Å². The van der Waals surface area contributed by atoms with Crippen LogP contribution in [0.4, 0.5) is 13.2 Å². The van der Waals surface area contributed by atoms with Crippen LogP contribution in [0.15, 0.2) is 24.3 Å². The van der Waals surface area contributed by atoms with Gasteiger partial charge in [0.05, 0.1) is 0 Å². The van der Waals surface area contributed by atoms with Crippen molar-refractivity contribution in [3.05, 3.63) is 35.4 Å². The third-order valence-electron chi connectivity index (χ3n) is 2.82. The van der Waals surface area contributed by atoms with E-state index in [0.29, 0.717) is 0 Å². The highest BCUT2D eigenvalue weighted by molar-refractivity contribution is 5.81. The number of alkyl halides is 3. The van der Waals surface area contributed by atoms with E-state index in [2.05, 4.69) is 0 Å². The molecule has 0 radical (unpaired) electrons. The topological polar surface area (TPSA) is 63.3 Å². The normalized spacial score (nSPS) is 15.5. The van der Waals surface area contributed by atoms with E-state index in [0.717, 1.165) is 17.7 Å². The molecule has 0 bridgehead atoms. The number of halogens is 3. The van der Waals surface area contributed by atoms with Crippen molar-refractivity contribution in [3.63, 3.8) is 0 Å². The summed E-state index contributed by atoms with van der Waals surface area (Å²) in [5.74, 6) is -1.98. The lowest BCUT2D eigenvalue weighted by Gasteiger charge is -2.28. The molecular weight excluding hydrogens is 247 g/mol. The quantitative estimate of drug-likeness (QED) is 0.879. The summed E-state index contributed by atoms with van der Waals surface area (Å²) in [6.07, 6.45) is -5.06. The zero-order chi connectivity index (χ0) is 14.1. The number of hydrogen-bond donors (Lipinski definition) is 2. The SMILES string of the molecule is CC(C)c1ccc(C(N)(C(=O)O)C(F)(F)F)cc1. The highest BCUT2D eigenvalue weighted by Crippen LogP contribution is 2.37. The van der Waals surface area contributed by atoms with E-state index in [-0.39, 0.29) is 5.92 Å². The Morgan fingerprint density at radius 3 is 1.94 bits per heavy atom. The van der Waals surface area contributed by atoms with Gasteiger partial charge < -0.3 is 10.8 Å². The van der Waals surface area contributed by atoms with Gasteiger partial charge in [0, 0.05) is 0 Å². The fraction of sp³-hybridized carbons (Fsp3) is 0.417. The second kappa shape index (κ2) is 4.61. The van der Waals surface area contributed by atoms with Crippen LogP contribution in [0.25, 0.3) is 0 Å². The Balaban J connectivity index is 3.28. The maximum atomic E-state index is 12.8. The lowest BCUT2D eigenvalue weighted by atomic mass is 9.88. The van der Waals surface area contributed by atoms with Gasteiger partial charge in [-0.1, -0.05) is 38.1 Å². The molecule has 0 amide bonds. The Labute approximate surface area is 102 Å². The Hall–Kier alpha value is -1.56. The molecule has 0 saturated heterocycles. The van der Waals surface area contributed by atoms with Gasteiger partial charge in [0.25, 0.3) is 0 Å². The van der Waals surface area contributed by atoms with Crippen molar-refractivity contribution in [3.8, 4) is 0 Å². The molecule has 0 fully saturated rings. The molecule has 1 rings (SSSR count). The van der Waals surface area contributed by atoms with Gasteiger partial charge in [-0.2, -0.15) is 13.2 Å². The Bertz CT molecular complexity index is 440. The number of nitrogens with two attached hydrogens (primary N) is 1. The predicted octanol–water partition coefficient (Wildman–Crippen LogP) is 2.61. The van der Waals surface area contributed by atoms with E-state index in [4.69, 9.17) is 10.8 Å². The summed E-state index contributed by atoms with van der Waals surface area (Å²) in [5.41, 5.74) is 2.00. The smallest absolute Gasteiger partial charge is 0.421 e. The number of aliphatic carboxylic acids is 1. The summed E-state index contributed by atoms with van der Waals surface area (Å²) in [4.78, 5) is 10.8. The fourth-order valence-corrected chi connectivity index (χ4v) is 1.54. The fourth-order valence-electron chi connectivity index (χ4n) is 1.54. The van der Waals surface area contributed by atoms with Crippen molar-refractivity contribution in [2.24, 2.45) is 5.73 Å². The van der Waals surface area contributed by atoms with E-state index in [1.165, 1.54) is 12.1 Å². The summed E-state index contributed by atoms with van der Waals surface area (Å²) in [6, 6.07) is 5.13. The summed E-state index contributed by atoms with van der Waals surface area (Å²) in [7, 11) is 0. The standard InChI is InChI=1S/C12H14F3NO2/c1-7(2)8-3-5-9(6-4-8)11(16,10(17)18)12(13,14)15/h3-7H,16H2,1-2H3,(H,17,18). The average Bonchev–Trinajstić information content (AvgIpc) is 2.26. The monoisotopic (exact) mass is 261 g/mol. The van der Waals surface area contributed by atoms with Crippen molar-refractivity contribution in [2.75, 3.05) is 0 Å². The second-order valence-corrected chi connectivity index (χ2v) is 4.39. The molecule has 0 spiro atoms. The Morgan fingerprint density at radius 1 is 1.22 bits per heavy atom. The van der Waals surface area contributed by atoms with E-state index in [9.17, 15) is 18.0 Å². The molecule has 0 saturated carbocycles. The number of benzene rings is 1. The first-order chi connectivity index (χ1) is 8.10. The zero-order valence-electron chi connectivity index (χ0n) is 9.95. The Kier molecular flexibility index (Phi) is 3.71. The number of hydrogen-bond acceptors (Lipinski definition) is 2. The van der Waals surface area contributed by atoms with Crippen LogP contribution in [0.3, 0.4) is 0 Å². The average molecular weight is 261 g/mol. The minimum Gasteiger partial charge on any atom is -0.479 e. The molecule has 0 aromatic heterocycles. The zero-order valence-corrected chi connectivity index (χ0v) is 9.95. The van der Waals surface area contributed by atoms with Crippen LogP contribution in [-0.2, 0) is 10.3 Å². The van der Waals surface area contributed by atoms with E-state index in [1.54, 1.807) is 0 Å².